The van der Waals surface area contributed by atoms with Crippen molar-refractivity contribution in [3.05, 3.63) is 17.0 Å². The van der Waals surface area contributed by atoms with E-state index in [2.05, 4.69) is 4.72 Å². The van der Waals surface area contributed by atoms with Gasteiger partial charge in [0.15, 0.2) is 0 Å². The summed E-state index contributed by atoms with van der Waals surface area (Å²) in [6.07, 6.45) is 1.37. The van der Waals surface area contributed by atoms with Gasteiger partial charge in [0.25, 0.3) is 10.0 Å². The van der Waals surface area contributed by atoms with Gasteiger partial charge in [-0.2, -0.15) is 0 Å². The Balaban J connectivity index is 0.00000289. The van der Waals surface area contributed by atoms with Crippen LogP contribution in [-0.2, 0) is 10.0 Å². The van der Waals surface area contributed by atoms with E-state index >= 15 is 0 Å². The highest BCUT2D eigenvalue weighted by molar-refractivity contribution is 7.91. The summed E-state index contributed by atoms with van der Waals surface area (Å²) >= 11 is 1.28. The highest BCUT2D eigenvalue weighted by Gasteiger charge is 2.31. The van der Waals surface area contributed by atoms with Crippen LogP contribution in [0.1, 0.15) is 31.6 Å². The Kier molecular flexibility index (Phi) is 6.81. The molecule has 0 saturated heterocycles. The van der Waals surface area contributed by atoms with E-state index in [9.17, 15) is 8.42 Å². The molecule has 18 heavy (non-hydrogen) atoms. The van der Waals surface area contributed by atoms with Gasteiger partial charge in [0.05, 0.1) is 0 Å². The summed E-state index contributed by atoms with van der Waals surface area (Å²) in [5.74, 6) is 0. The van der Waals surface area contributed by atoms with E-state index in [-0.39, 0.29) is 12.4 Å². The number of thiophene rings is 1. The zero-order chi connectivity index (χ0) is 13.1. The molecule has 1 rings (SSSR count). The Hall–Kier alpha value is -0.140. The van der Waals surface area contributed by atoms with E-state index in [1.165, 1.54) is 11.3 Å². The topological polar surface area (TPSA) is 72.2 Å². The smallest absolute Gasteiger partial charge is 0.250 e. The first-order valence-corrected chi connectivity index (χ1v) is 7.99. The van der Waals surface area contributed by atoms with Gasteiger partial charge in [-0.1, -0.05) is 13.8 Å². The van der Waals surface area contributed by atoms with Gasteiger partial charge in [0.1, 0.15) is 4.21 Å². The van der Waals surface area contributed by atoms with Gasteiger partial charge in [0, 0.05) is 17.0 Å². The third kappa shape index (κ3) is 3.93. The molecule has 0 bridgehead atoms. The van der Waals surface area contributed by atoms with Crippen LogP contribution < -0.4 is 10.5 Å². The molecule has 0 spiro atoms. The van der Waals surface area contributed by atoms with Crippen LogP contribution >= 0.6 is 23.7 Å². The molecule has 0 aromatic carbocycles. The standard InChI is InChI=1S/C11H20N2O2S2.ClH/c1-4-11(5-2,8-12)13-17(14,15)10-7-6-9(3)16-10;/h6-7,13H,4-5,8,12H2,1-3H3;1H. The molecule has 1 heterocycles. The van der Waals surface area contributed by atoms with Crippen LogP contribution in [0.4, 0.5) is 0 Å². The van der Waals surface area contributed by atoms with E-state index in [1.54, 1.807) is 12.1 Å². The van der Waals surface area contributed by atoms with Gasteiger partial charge in [-0.05, 0) is 31.9 Å². The first-order valence-electron chi connectivity index (χ1n) is 5.69. The monoisotopic (exact) mass is 312 g/mol. The number of nitrogens with one attached hydrogen (secondary N) is 1. The number of halogens is 1. The largest absolute Gasteiger partial charge is 0.329 e. The third-order valence-corrected chi connectivity index (χ3v) is 6.15. The lowest BCUT2D eigenvalue weighted by Gasteiger charge is -2.30. The van der Waals surface area contributed by atoms with E-state index < -0.39 is 15.6 Å². The fourth-order valence-corrected chi connectivity index (χ4v) is 4.45. The van der Waals surface area contributed by atoms with Crippen LogP contribution in [0.5, 0.6) is 0 Å². The van der Waals surface area contributed by atoms with Crippen LogP contribution in [0.15, 0.2) is 16.3 Å². The van der Waals surface area contributed by atoms with E-state index in [0.29, 0.717) is 23.6 Å². The lowest BCUT2D eigenvalue weighted by molar-refractivity contribution is 0.363. The molecule has 0 aliphatic carbocycles. The number of hydrogen-bond acceptors (Lipinski definition) is 4. The van der Waals surface area contributed by atoms with Crippen molar-refractivity contribution in [3.8, 4) is 0 Å². The maximum atomic E-state index is 12.2. The summed E-state index contributed by atoms with van der Waals surface area (Å²) in [7, 11) is -3.44. The van der Waals surface area contributed by atoms with Crippen molar-refractivity contribution in [2.24, 2.45) is 5.73 Å². The predicted molar refractivity (Wildman–Crippen MR) is 79.0 cm³/mol. The summed E-state index contributed by atoms with van der Waals surface area (Å²) in [6.45, 7) is 6.08. The Labute approximate surface area is 119 Å². The number of rotatable bonds is 6. The molecular formula is C11H21ClN2O2S2. The Morgan fingerprint density at radius 3 is 2.22 bits per heavy atom. The first kappa shape index (κ1) is 17.9. The van der Waals surface area contributed by atoms with Crippen LogP contribution in [0.3, 0.4) is 0 Å². The van der Waals surface area contributed by atoms with E-state index in [4.69, 9.17) is 5.73 Å². The normalized spacial score (nSPS) is 12.2. The second-order valence-corrected chi connectivity index (χ2v) is 7.36. The minimum atomic E-state index is -3.44. The molecular weight excluding hydrogens is 292 g/mol. The summed E-state index contributed by atoms with van der Waals surface area (Å²) in [4.78, 5) is 0.983. The van der Waals surface area contributed by atoms with Crippen LogP contribution in [0.25, 0.3) is 0 Å². The quantitative estimate of drug-likeness (QED) is 0.846. The molecule has 0 saturated carbocycles. The van der Waals surface area contributed by atoms with Crippen molar-refractivity contribution in [3.63, 3.8) is 0 Å². The van der Waals surface area contributed by atoms with Crippen molar-refractivity contribution in [2.75, 3.05) is 6.54 Å². The summed E-state index contributed by atoms with van der Waals surface area (Å²) in [6, 6.07) is 3.44. The lowest BCUT2D eigenvalue weighted by Crippen LogP contribution is -2.52. The van der Waals surface area contributed by atoms with Crippen molar-refractivity contribution in [1.82, 2.24) is 4.72 Å². The molecule has 0 amide bonds. The molecule has 0 radical (unpaired) electrons. The van der Waals surface area contributed by atoms with Gasteiger partial charge in [-0.25, -0.2) is 13.1 Å². The fourth-order valence-electron chi connectivity index (χ4n) is 1.62. The number of nitrogens with two attached hydrogens (primary N) is 1. The first-order chi connectivity index (χ1) is 7.89. The highest BCUT2D eigenvalue weighted by Crippen LogP contribution is 2.24. The summed E-state index contributed by atoms with van der Waals surface area (Å²) in [5.41, 5.74) is 5.16. The Morgan fingerprint density at radius 1 is 1.33 bits per heavy atom. The van der Waals surface area contributed by atoms with Gasteiger partial charge in [0.2, 0.25) is 0 Å². The lowest BCUT2D eigenvalue weighted by atomic mass is 9.95. The zero-order valence-corrected chi connectivity index (χ0v) is 13.3. The molecule has 1 aromatic rings. The van der Waals surface area contributed by atoms with Crippen molar-refractivity contribution < 1.29 is 8.42 Å². The number of aryl methyl sites for hydroxylation is 1. The SMILES string of the molecule is CCC(CC)(CN)NS(=O)(=O)c1ccc(C)s1.Cl. The summed E-state index contributed by atoms with van der Waals surface area (Å²) < 4.78 is 27.5. The fraction of sp³-hybridized carbons (Fsp3) is 0.636. The van der Waals surface area contributed by atoms with Crippen molar-refractivity contribution >= 4 is 33.8 Å². The molecule has 7 heteroatoms. The molecule has 0 unspecified atom stereocenters. The van der Waals surface area contributed by atoms with E-state index in [0.717, 1.165) is 4.88 Å². The average molecular weight is 313 g/mol. The molecule has 4 nitrogen and oxygen atoms in total. The van der Waals surface area contributed by atoms with Crippen LogP contribution in [-0.4, -0.2) is 20.5 Å². The second kappa shape index (κ2) is 6.86. The molecule has 106 valence electrons. The van der Waals surface area contributed by atoms with E-state index in [1.807, 2.05) is 20.8 Å². The van der Waals surface area contributed by atoms with Gasteiger partial charge < -0.3 is 5.73 Å². The highest BCUT2D eigenvalue weighted by atomic mass is 35.5. The predicted octanol–water partition coefficient (Wildman–Crippen LogP) is 2.27. The minimum Gasteiger partial charge on any atom is -0.329 e. The van der Waals surface area contributed by atoms with Gasteiger partial charge in [-0.15, -0.1) is 23.7 Å². The van der Waals surface area contributed by atoms with Crippen LogP contribution in [0, 0.1) is 6.92 Å². The van der Waals surface area contributed by atoms with Crippen molar-refractivity contribution in [2.45, 2.75) is 43.4 Å². The van der Waals surface area contributed by atoms with Crippen LogP contribution in [0.2, 0.25) is 0 Å². The maximum Gasteiger partial charge on any atom is 0.250 e. The Bertz CT molecular complexity index is 459. The second-order valence-electron chi connectivity index (χ2n) is 4.16. The molecule has 0 fully saturated rings. The van der Waals surface area contributed by atoms with Crippen molar-refractivity contribution in [1.29, 1.82) is 0 Å². The molecule has 3 N–H and O–H groups in total. The third-order valence-electron chi connectivity index (χ3n) is 3.08. The number of sulfonamides is 1. The maximum absolute atomic E-state index is 12.2. The van der Waals surface area contributed by atoms with Gasteiger partial charge in [-0.3, -0.25) is 0 Å². The average Bonchev–Trinajstić information content (AvgIpc) is 2.74. The summed E-state index contributed by atoms with van der Waals surface area (Å²) in [5, 5.41) is 0. The molecule has 0 aliphatic rings. The Morgan fingerprint density at radius 2 is 1.89 bits per heavy atom. The van der Waals surface area contributed by atoms with Gasteiger partial charge >= 0.3 is 0 Å². The minimum absolute atomic E-state index is 0. The number of hydrogen-bond donors (Lipinski definition) is 2. The molecule has 0 atom stereocenters. The molecule has 0 aliphatic heterocycles. The zero-order valence-electron chi connectivity index (χ0n) is 10.9. The molecule has 1 aromatic heterocycles.